The van der Waals surface area contributed by atoms with Crippen molar-refractivity contribution in [2.45, 2.75) is 20.4 Å². The van der Waals surface area contributed by atoms with E-state index in [0.29, 0.717) is 23.9 Å². The quantitative estimate of drug-likeness (QED) is 0.804. The summed E-state index contributed by atoms with van der Waals surface area (Å²) in [7, 11) is 0. The summed E-state index contributed by atoms with van der Waals surface area (Å²) in [6, 6.07) is 0. The first-order chi connectivity index (χ1) is 8.56. The summed E-state index contributed by atoms with van der Waals surface area (Å²) in [5, 5.41) is 3.05. The second kappa shape index (κ2) is 5.09. The van der Waals surface area contributed by atoms with Gasteiger partial charge in [0.05, 0.1) is 24.6 Å². The lowest BCUT2D eigenvalue weighted by Gasteiger charge is -2.02. The third-order valence-corrected chi connectivity index (χ3v) is 2.61. The van der Waals surface area contributed by atoms with Crippen molar-refractivity contribution in [3.63, 3.8) is 0 Å². The summed E-state index contributed by atoms with van der Waals surface area (Å²) in [5.74, 6) is 2.05. The van der Waals surface area contributed by atoms with Gasteiger partial charge in [-0.15, -0.1) is 0 Å². The van der Waals surface area contributed by atoms with Gasteiger partial charge in [0.25, 0.3) is 0 Å². The van der Waals surface area contributed by atoms with E-state index in [1.165, 1.54) is 6.20 Å². The smallest absolute Gasteiger partial charge is 0.213 e. The van der Waals surface area contributed by atoms with Crippen molar-refractivity contribution < 1.29 is 4.42 Å². The topological polar surface area (TPSA) is 89.9 Å². The Kier molecular flexibility index (Phi) is 3.52. The normalized spacial score (nSPS) is 10.3. The Morgan fingerprint density at radius 3 is 2.67 bits per heavy atom. The highest BCUT2D eigenvalue weighted by atomic mass is 32.1. The van der Waals surface area contributed by atoms with Gasteiger partial charge in [0, 0.05) is 0 Å². The molecule has 7 heteroatoms. The molecular formula is C11H13N5OS. The van der Waals surface area contributed by atoms with Crippen molar-refractivity contribution in [2.24, 2.45) is 5.73 Å². The average molecular weight is 263 g/mol. The molecular weight excluding hydrogens is 250 g/mol. The third-order valence-electron chi connectivity index (χ3n) is 2.40. The molecule has 0 bridgehead atoms. The van der Waals surface area contributed by atoms with E-state index in [1.54, 1.807) is 6.20 Å². The van der Waals surface area contributed by atoms with Crippen molar-refractivity contribution in [2.75, 3.05) is 5.32 Å². The molecule has 0 atom stereocenters. The Balaban J connectivity index is 2.00. The molecule has 0 radical (unpaired) electrons. The minimum Gasteiger partial charge on any atom is -0.444 e. The molecule has 0 aliphatic heterocycles. The number of oxazole rings is 1. The van der Waals surface area contributed by atoms with Crippen LogP contribution >= 0.6 is 12.2 Å². The van der Waals surface area contributed by atoms with Gasteiger partial charge in [0.2, 0.25) is 5.89 Å². The fourth-order valence-corrected chi connectivity index (χ4v) is 1.43. The molecule has 0 spiro atoms. The molecule has 0 fully saturated rings. The number of hydrogen-bond acceptors (Lipinski definition) is 6. The number of nitrogens with zero attached hydrogens (tertiary/aromatic N) is 3. The molecule has 0 saturated heterocycles. The lowest BCUT2D eigenvalue weighted by atomic mass is 10.4. The van der Waals surface area contributed by atoms with Crippen LogP contribution in [0.15, 0.2) is 16.8 Å². The maximum Gasteiger partial charge on any atom is 0.213 e. The SMILES string of the molecule is Cc1nc(CNc2cnc(C(N)=S)cn2)oc1C. The maximum atomic E-state index is 5.44. The first-order valence-corrected chi connectivity index (χ1v) is 5.75. The fraction of sp³-hybridized carbons (Fsp3) is 0.273. The largest absolute Gasteiger partial charge is 0.444 e. The van der Waals surface area contributed by atoms with Gasteiger partial charge in [-0.05, 0) is 13.8 Å². The Labute approximate surface area is 110 Å². The van der Waals surface area contributed by atoms with Crippen molar-refractivity contribution in [3.05, 3.63) is 35.4 Å². The van der Waals surface area contributed by atoms with E-state index >= 15 is 0 Å². The summed E-state index contributed by atoms with van der Waals surface area (Å²) in [5.41, 5.74) is 6.82. The molecule has 2 aromatic heterocycles. The number of aryl methyl sites for hydroxylation is 2. The lowest BCUT2D eigenvalue weighted by molar-refractivity contribution is 0.478. The van der Waals surface area contributed by atoms with Crippen LogP contribution in [0.3, 0.4) is 0 Å². The maximum absolute atomic E-state index is 5.44. The lowest BCUT2D eigenvalue weighted by Crippen LogP contribution is -2.12. The van der Waals surface area contributed by atoms with Gasteiger partial charge in [0.15, 0.2) is 0 Å². The van der Waals surface area contributed by atoms with Crippen LogP contribution in [0.1, 0.15) is 23.0 Å². The van der Waals surface area contributed by atoms with Gasteiger partial charge < -0.3 is 15.5 Å². The molecule has 2 aromatic rings. The van der Waals surface area contributed by atoms with Crippen molar-refractivity contribution in [3.8, 4) is 0 Å². The Hall–Kier alpha value is -2.02. The second-order valence-corrected chi connectivity index (χ2v) is 4.19. The van der Waals surface area contributed by atoms with E-state index in [0.717, 1.165) is 11.5 Å². The molecule has 2 rings (SSSR count). The van der Waals surface area contributed by atoms with E-state index in [2.05, 4.69) is 20.3 Å². The predicted octanol–water partition coefficient (Wildman–Crippen LogP) is 1.33. The van der Waals surface area contributed by atoms with Gasteiger partial charge in [-0.25, -0.2) is 15.0 Å². The molecule has 2 heterocycles. The molecule has 94 valence electrons. The summed E-state index contributed by atoms with van der Waals surface area (Å²) in [4.78, 5) is 12.7. The van der Waals surface area contributed by atoms with Crippen LogP contribution in [0.5, 0.6) is 0 Å². The van der Waals surface area contributed by atoms with Crippen molar-refractivity contribution in [1.82, 2.24) is 15.0 Å². The standard InChI is InChI=1S/C11H13N5OS/c1-6-7(2)17-10(16-6)5-15-9-4-13-8(3-14-9)11(12)18/h3-4H,5H2,1-2H3,(H2,12,18)(H,14,15). The molecule has 6 nitrogen and oxygen atoms in total. The highest BCUT2D eigenvalue weighted by Gasteiger charge is 2.05. The number of nitrogens with one attached hydrogen (secondary N) is 1. The van der Waals surface area contributed by atoms with Gasteiger partial charge in [-0.1, -0.05) is 12.2 Å². The molecule has 0 saturated carbocycles. The number of anilines is 1. The summed E-state index contributed by atoms with van der Waals surface area (Å²) >= 11 is 4.79. The first kappa shape index (κ1) is 12.4. The minimum absolute atomic E-state index is 0.230. The van der Waals surface area contributed by atoms with Crippen LogP contribution in [-0.4, -0.2) is 19.9 Å². The van der Waals surface area contributed by atoms with Crippen molar-refractivity contribution in [1.29, 1.82) is 0 Å². The summed E-state index contributed by atoms with van der Waals surface area (Å²) in [6.07, 6.45) is 3.09. The Morgan fingerprint density at radius 2 is 2.17 bits per heavy atom. The number of rotatable bonds is 4. The van der Waals surface area contributed by atoms with Gasteiger partial charge in [-0.2, -0.15) is 0 Å². The molecule has 0 aromatic carbocycles. The molecule has 3 N–H and O–H groups in total. The second-order valence-electron chi connectivity index (χ2n) is 3.75. The predicted molar refractivity (Wildman–Crippen MR) is 71.2 cm³/mol. The highest BCUT2D eigenvalue weighted by molar-refractivity contribution is 7.80. The average Bonchev–Trinajstić information content (AvgIpc) is 2.67. The molecule has 0 amide bonds. The first-order valence-electron chi connectivity index (χ1n) is 5.35. The van der Waals surface area contributed by atoms with E-state index in [4.69, 9.17) is 22.4 Å². The molecule has 18 heavy (non-hydrogen) atoms. The van der Waals surface area contributed by atoms with Crippen LogP contribution in [0.4, 0.5) is 5.82 Å². The zero-order valence-corrected chi connectivity index (χ0v) is 10.9. The number of nitrogens with two attached hydrogens (primary N) is 1. The molecule has 0 unspecified atom stereocenters. The van der Waals surface area contributed by atoms with Crippen LogP contribution in [0.2, 0.25) is 0 Å². The molecule has 0 aliphatic rings. The van der Waals surface area contributed by atoms with E-state index < -0.39 is 0 Å². The zero-order chi connectivity index (χ0) is 13.1. The zero-order valence-electron chi connectivity index (χ0n) is 10.1. The highest BCUT2D eigenvalue weighted by Crippen LogP contribution is 2.10. The van der Waals surface area contributed by atoms with Gasteiger partial charge in [-0.3, -0.25) is 0 Å². The monoisotopic (exact) mass is 263 g/mol. The van der Waals surface area contributed by atoms with Crippen LogP contribution in [0, 0.1) is 13.8 Å². The Bertz CT molecular complexity index is 544. The summed E-state index contributed by atoms with van der Waals surface area (Å²) in [6.45, 7) is 4.23. The van der Waals surface area contributed by atoms with Crippen LogP contribution in [0.25, 0.3) is 0 Å². The fourth-order valence-electron chi connectivity index (χ4n) is 1.33. The van der Waals surface area contributed by atoms with Crippen LogP contribution < -0.4 is 11.1 Å². The van der Waals surface area contributed by atoms with Crippen molar-refractivity contribution >= 4 is 23.0 Å². The minimum atomic E-state index is 0.230. The van der Waals surface area contributed by atoms with E-state index in [9.17, 15) is 0 Å². The number of aromatic nitrogens is 3. The Morgan fingerprint density at radius 1 is 1.39 bits per heavy atom. The number of hydrogen-bond donors (Lipinski definition) is 2. The van der Waals surface area contributed by atoms with Crippen LogP contribution in [-0.2, 0) is 6.54 Å². The summed E-state index contributed by atoms with van der Waals surface area (Å²) < 4.78 is 5.44. The van der Waals surface area contributed by atoms with E-state index in [1.807, 2.05) is 13.8 Å². The third kappa shape index (κ3) is 2.80. The van der Waals surface area contributed by atoms with Gasteiger partial charge >= 0.3 is 0 Å². The molecule has 0 aliphatic carbocycles. The van der Waals surface area contributed by atoms with E-state index in [-0.39, 0.29) is 4.99 Å². The number of thiocarbonyl (C=S) groups is 1. The van der Waals surface area contributed by atoms with Gasteiger partial charge in [0.1, 0.15) is 22.3 Å².